The Morgan fingerprint density at radius 2 is 1.70 bits per heavy atom. The number of fused-ring (bicyclic) bond motifs is 2. The predicted octanol–water partition coefficient (Wildman–Crippen LogP) is 4.79. The van der Waals surface area contributed by atoms with Crippen LogP contribution in [0.15, 0.2) is 48.5 Å². The van der Waals surface area contributed by atoms with Crippen molar-refractivity contribution in [3.05, 3.63) is 54.1 Å². The molecule has 0 spiro atoms. The summed E-state index contributed by atoms with van der Waals surface area (Å²) in [6, 6.07) is 16.4. The van der Waals surface area contributed by atoms with E-state index in [-0.39, 0.29) is 12.4 Å². The molecule has 0 saturated carbocycles. The Kier molecular flexibility index (Phi) is 4.39. The van der Waals surface area contributed by atoms with E-state index in [4.69, 9.17) is 14.5 Å². The third kappa shape index (κ3) is 2.97. The van der Waals surface area contributed by atoms with E-state index in [2.05, 4.69) is 25.1 Å². The molecule has 1 aliphatic rings. The van der Waals surface area contributed by atoms with Crippen molar-refractivity contribution in [3.63, 3.8) is 0 Å². The minimum absolute atomic E-state index is 0. The fourth-order valence-corrected chi connectivity index (χ4v) is 2.82. The quantitative estimate of drug-likeness (QED) is 0.643. The molecule has 0 unspecified atom stereocenters. The van der Waals surface area contributed by atoms with Crippen molar-refractivity contribution in [2.75, 3.05) is 13.2 Å². The Hall–Kier alpha value is -2.26. The van der Waals surface area contributed by atoms with Crippen LogP contribution >= 0.6 is 12.4 Å². The number of halogens is 1. The lowest BCUT2D eigenvalue weighted by Gasteiger charge is -2.10. The summed E-state index contributed by atoms with van der Waals surface area (Å²) >= 11 is 0. The number of benzene rings is 2. The van der Waals surface area contributed by atoms with Gasteiger partial charge in [-0.05, 0) is 42.8 Å². The molecule has 0 fully saturated rings. The molecule has 2 aromatic carbocycles. The number of rotatable bonds is 1. The standard InChI is InChI=1S/C19H17NO2.ClH/c1-13-11-17(20-16-6-3-2-5-15(13)16)14-7-8-18-19(12-14)22-10-4-9-21-18;/h2-3,5-8,11-12H,4,9-10H2,1H3;1H. The van der Waals surface area contributed by atoms with Gasteiger partial charge in [-0.15, -0.1) is 12.4 Å². The van der Waals surface area contributed by atoms with Crippen LogP contribution in [0, 0.1) is 6.92 Å². The molecule has 1 aliphatic heterocycles. The van der Waals surface area contributed by atoms with Crippen LogP contribution in [-0.2, 0) is 0 Å². The van der Waals surface area contributed by atoms with Crippen molar-refractivity contribution in [2.24, 2.45) is 0 Å². The van der Waals surface area contributed by atoms with Crippen molar-refractivity contribution in [3.8, 4) is 22.8 Å². The maximum absolute atomic E-state index is 5.78. The van der Waals surface area contributed by atoms with Gasteiger partial charge in [-0.25, -0.2) is 4.98 Å². The molecule has 0 bridgehead atoms. The molecule has 0 saturated heterocycles. The number of aryl methyl sites for hydroxylation is 1. The molecule has 0 radical (unpaired) electrons. The molecular weight excluding hydrogens is 310 g/mol. The second-order valence-corrected chi connectivity index (χ2v) is 5.55. The SMILES string of the molecule is Cc1cc(-c2ccc3c(c2)OCCCO3)nc2ccccc12.Cl. The van der Waals surface area contributed by atoms with Gasteiger partial charge in [0, 0.05) is 17.4 Å². The van der Waals surface area contributed by atoms with Gasteiger partial charge in [0.1, 0.15) is 0 Å². The number of ether oxygens (including phenoxy) is 2. The maximum atomic E-state index is 5.78. The van der Waals surface area contributed by atoms with Gasteiger partial charge in [-0.2, -0.15) is 0 Å². The summed E-state index contributed by atoms with van der Waals surface area (Å²) in [6.45, 7) is 3.52. The Labute approximate surface area is 141 Å². The first-order chi connectivity index (χ1) is 10.8. The molecule has 118 valence electrons. The first kappa shape index (κ1) is 15.6. The maximum Gasteiger partial charge on any atom is 0.161 e. The molecule has 3 nitrogen and oxygen atoms in total. The van der Waals surface area contributed by atoms with Crippen molar-refractivity contribution >= 4 is 23.3 Å². The molecule has 0 aliphatic carbocycles. The lowest BCUT2D eigenvalue weighted by Crippen LogP contribution is -1.97. The number of hydrogen-bond donors (Lipinski definition) is 0. The normalized spacial score (nSPS) is 13.3. The highest BCUT2D eigenvalue weighted by Gasteiger charge is 2.12. The van der Waals surface area contributed by atoms with E-state index < -0.39 is 0 Å². The van der Waals surface area contributed by atoms with Crippen LogP contribution in [0.5, 0.6) is 11.5 Å². The molecule has 0 amide bonds. The number of aromatic nitrogens is 1. The van der Waals surface area contributed by atoms with E-state index in [9.17, 15) is 0 Å². The average molecular weight is 328 g/mol. The Morgan fingerprint density at radius 3 is 2.57 bits per heavy atom. The van der Waals surface area contributed by atoms with Gasteiger partial charge in [0.25, 0.3) is 0 Å². The summed E-state index contributed by atoms with van der Waals surface area (Å²) in [5.74, 6) is 1.63. The number of hydrogen-bond acceptors (Lipinski definition) is 3. The largest absolute Gasteiger partial charge is 0.490 e. The highest BCUT2D eigenvalue weighted by Crippen LogP contribution is 2.34. The minimum Gasteiger partial charge on any atom is -0.490 e. The molecule has 3 aromatic rings. The Morgan fingerprint density at radius 1 is 0.913 bits per heavy atom. The number of nitrogens with zero attached hydrogens (tertiary/aromatic N) is 1. The van der Waals surface area contributed by atoms with Crippen molar-refractivity contribution < 1.29 is 9.47 Å². The Balaban J connectivity index is 0.00000156. The zero-order chi connectivity index (χ0) is 14.9. The fraction of sp³-hybridized carbons (Fsp3) is 0.211. The third-order valence-corrected chi connectivity index (χ3v) is 3.97. The van der Waals surface area contributed by atoms with Gasteiger partial charge in [0.2, 0.25) is 0 Å². The Bertz CT molecular complexity index is 848. The summed E-state index contributed by atoms with van der Waals surface area (Å²) in [5, 5.41) is 1.19. The molecule has 0 N–H and O–H groups in total. The minimum atomic E-state index is 0. The smallest absolute Gasteiger partial charge is 0.161 e. The van der Waals surface area contributed by atoms with Gasteiger partial charge in [0.05, 0.1) is 24.4 Å². The van der Waals surface area contributed by atoms with Crippen molar-refractivity contribution in [2.45, 2.75) is 13.3 Å². The van der Waals surface area contributed by atoms with E-state index in [1.165, 1.54) is 10.9 Å². The third-order valence-electron chi connectivity index (χ3n) is 3.97. The zero-order valence-corrected chi connectivity index (χ0v) is 13.7. The molecular formula is C19H18ClNO2. The molecule has 23 heavy (non-hydrogen) atoms. The van der Waals surface area contributed by atoms with Gasteiger partial charge < -0.3 is 9.47 Å². The molecule has 2 heterocycles. The van der Waals surface area contributed by atoms with E-state index in [0.29, 0.717) is 13.2 Å². The van der Waals surface area contributed by atoms with Gasteiger partial charge in [-0.1, -0.05) is 18.2 Å². The van der Waals surface area contributed by atoms with E-state index in [1.807, 2.05) is 30.3 Å². The number of para-hydroxylation sites is 1. The van der Waals surface area contributed by atoms with Crippen molar-refractivity contribution in [1.82, 2.24) is 4.98 Å². The lowest BCUT2D eigenvalue weighted by molar-refractivity contribution is 0.297. The first-order valence-electron chi connectivity index (χ1n) is 7.58. The molecule has 1 aromatic heterocycles. The lowest BCUT2D eigenvalue weighted by atomic mass is 10.0. The average Bonchev–Trinajstić information content (AvgIpc) is 2.79. The zero-order valence-electron chi connectivity index (χ0n) is 12.9. The van der Waals surface area contributed by atoms with Gasteiger partial charge >= 0.3 is 0 Å². The van der Waals surface area contributed by atoms with Gasteiger partial charge in [-0.3, -0.25) is 0 Å². The first-order valence-corrected chi connectivity index (χ1v) is 7.58. The summed E-state index contributed by atoms with van der Waals surface area (Å²) in [4.78, 5) is 4.78. The van der Waals surface area contributed by atoms with E-state index in [0.717, 1.165) is 34.7 Å². The van der Waals surface area contributed by atoms with Crippen LogP contribution in [0.3, 0.4) is 0 Å². The van der Waals surface area contributed by atoms with Crippen LogP contribution < -0.4 is 9.47 Å². The van der Waals surface area contributed by atoms with Crippen LogP contribution in [0.2, 0.25) is 0 Å². The summed E-state index contributed by atoms with van der Waals surface area (Å²) < 4.78 is 11.5. The monoisotopic (exact) mass is 327 g/mol. The van der Waals surface area contributed by atoms with Crippen LogP contribution in [0.25, 0.3) is 22.2 Å². The summed E-state index contributed by atoms with van der Waals surface area (Å²) in [7, 11) is 0. The fourth-order valence-electron chi connectivity index (χ4n) is 2.82. The second kappa shape index (κ2) is 6.47. The van der Waals surface area contributed by atoms with Crippen molar-refractivity contribution in [1.29, 1.82) is 0 Å². The predicted molar refractivity (Wildman–Crippen MR) is 94.8 cm³/mol. The highest BCUT2D eigenvalue weighted by atomic mass is 35.5. The highest BCUT2D eigenvalue weighted by molar-refractivity contribution is 5.85. The molecule has 4 rings (SSSR count). The summed E-state index contributed by atoms with van der Waals surface area (Å²) in [6.07, 6.45) is 0.914. The van der Waals surface area contributed by atoms with Crippen LogP contribution in [0.4, 0.5) is 0 Å². The topological polar surface area (TPSA) is 31.4 Å². The molecule has 4 heteroatoms. The second-order valence-electron chi connectivity index (χ2n) is 5.55. The van der Waals surface area contributed by atoms with Crippen LogP contribution in [-0.4, -0.2) is 18.2 Å². The van der Waals surface area contributed by atoms with Gasteiger partial charge in [0.15, 0.2) is 11.5 Å². The molecule has 0 atom stereocenters. The summed E-state index contributed by atoms with van der Waals surface area (Å²) in [5.41, 5.74) is 4.27. The van der Waals surface area contributed by atoms with E-state index in [1.54, 1.807) is 0 Å². The van der Waals surface area contributed by atoms with E-state index >= 15 is 0 Å². The number of pyridine rings is 1. The van der Waals surface area contributed by atoms with Crippen LogP contribution in [0.1, 0.15) is 12.0 Å².